The van der Waals surface area contributed by atoms with Crippen LogP contribution in [0.2, 0.25) is 0 Å². The molecule has 2 rings (SSSR count). The van der Waals surface area contributed by atoms with Gasteiger partial charge in [-0.15, -0.1) is 0 Å². The summed E-state index contributed by atoms with van der Waals surface area (Å²) >= 11 is 0. The van der Waals surface area contributed by atoms with Crippen LogP contribution >= 0.6 is 0 Å². The van der Waals surface area contributed by atoms with Crippen LogP contribution in [-0.2, 0) is 6.54 Å². The van der Waals surface area contributed by atoms with Gasteiger partial charge >= 0.3 is 0 Å². The highest BCUT2D eigenvalue weighted by atomic mass is 16.5. The second kappa shape index (κ2) is 8.62. The van der Waals surface area contributed by atoms with E-state index in [2.05, 4.69) is 15.2 Å². The average molecular weight is 321 g/mol. The van der Waals surface area contributed by atoms with Crippen LogP contribution in [0, 0.1) is 0 Å². The average Bonchev–Trinajstić information content (AvgIpc) is 2.99. The van der Waals surface area contributed by atoms with E-state index in [4.69, 9.17) is 9.47 Å². The largest absolute Gasteiger partial charge is 0.493 e. The van der Waals surface area contributed by atoms with Crippen molar-refractivity contribution in [1.29, 1.82) is 0 Å². The molecule has 2 N–H and O–H groups in total. The topological polar surface area (TPSA) is 66.3 Å². The van der Waals surface area contributed by atoms with Gasteiger partial charge in [-0.05, 0) is 38.0 Å². The molecule has 1 aliphatic rings. The molecule has 0 bridgehead atoms. The lowest BCUT2D eigenvalue weighted by atomic mass is 10.2. The zero-order chi connectivity index (χ0) is 16.7. The molecule has 0 aromatic heterocycles. The standard InChI is InChI=1S/C17H27N3O3/c1-4-18-17(20-9-8-14(21)12-20)19-11-13-6-7-15(23-5-2)16(10-13)22-3/h6-7,10,14,21H,4-5,8-9,11-12H2,1-3H3,(H,18,19)/t14-/m1/s1. The number of aliphatic imine (C=N–C) groups is 1. The number of nitrogens with one attached hydrogen (secondary N) is 1. The van der Waals surface area contributed by atoms with E-state index >= 15 is 0 Å². The first-order valence-corrected chi connectivity index (χ1v) is 8.19. The Morgan fingerprint density at radius 3 is 2.83 bits per heavy atom. The third-order valence-corrected chi connectivity index (χ3v) is 3.74. The molecule has 0 amide bonds. The Balaban J connectivity index is 2.09. The molecule has 6 heteroatoms. The number of aliphatic hydroxyl groups is 1. The first kappa shape index (κ1) is 17.4. The molecule has 0 saturated carbocycles. The van der Waals surface area contributed by atoms with Crippen LogP contribution in [0.15, 0.2) is 23.2 Å². The summed E-state index contributed by atoms with van der Waals surface area (Å²) < 4.78 is 10.9. The number of methoxy groups -OCH3 is 1. The van der Waals surface area contributed by atoms with Crippen molar-refractivity contribution in [3.63, 3.8) is 0 Å². The maximum absolute atomic E-state index is 9.70. The van der Waals surface area contributed by atoms with Gasteiger partial charge in [0.1, 0.15) is 0 Å². The highest BCUT2D eigenvalue weighted by Gasteiger charge is 2.22. The van der Waals surface area contributed by atoms with E-state index in [0.717, 1.165) is 42.5 Å². The molecule has 1 aromatic rings. The van der Waals surface area contributed by atoms with Crippen molar-refractivity contribution in [3.05, 3.63) is 23.8 Å². The molecule has 1 aromatic carbocycles. The maximum Gasteiger partial charge on any atom is 0.194 e. The van der Waals surface area contributed by atoms with Crippen molar-refractivity contribution in [1.82, 2.24) is 10.2 Å². The number of likely N-dealkylation sites (tertiary alicyclic amines) is 1. The lowest BCUT2D eigenvalue weighted by molar-refractivity contribution is 0.188. The van der Waals surface area contributed by atoms with E-state index in [9.17, 15) is 5.11 Å². The molecule has 0 spiro atoms. The number of β-amino-alcohol motifs (C(OH)–C–C–N with tert-alkyl or cyclic N) is 1. The molecule has 1 aliphatic heterocycles. The van der Waals surface area contributed by atoms with Crippen LogP contribution < -0.4 is 14.8 Å². The number of rotatable bonds is 6. The van der Waals surface area contributed by atoms with Crippen LogP contribution in [0.25, 0.3) is 0 Å². The summed E-state index contributed by atoms with van der Waals surface area (Å²) in [5, 5.41) is 13.0. The maximum atomic E-state index is 9.70. The predicted molar refractivity (Wildman–Crippen MR) is 91.2 cm³/mol. The number of hydrogen-bond acceptors (Lipinski definition) is 4. The summed E-state index contributed by atoms with van der Waals surface area (Å²) in [5.41, 5.74) is 1.06. The van der Waals surface area contributed by atoms with Crippen molar-refractivity contribution >= 4 is 5.96 Å². The van der Waals surface area contributed by atoms with Gasteiger partial charge in [0.25, 0.3) is 0 Å². The lowest BCUT2D eigenvalue weighted by Crippen LogP contribution is -2.40. The SMILES string of the molecule is CCNC(=NCc1ccc(OCC)c(OC)c1)N1CC[C@@H](O)C1. The third kappa shape index (κ3) is 4.76. The summed E-state index contributed by atoms with van der Waals surface area (Å²) in [5.74, 6) is 2.32. The van der Waals surface area contributed by atoms with E-state index in [1.807, 2.05) is 32.0 Å². The van der Waals surface area contributed by atoms with Gasteiger partial charge in [-0.25, -0.2) is 4.99 Å². The van der Waals surface area contributed by atoms with Crippen molar-refractivity contribution in [2.75, 3.05) is 33.4 Å². The molecule has 0 radical (unpaired) electrons. The third-order valence-electron chi connectivity index (χ3n) is 3.74. The molecule has 6 nitrogen and oxygen atoms in total. The van der Waals surface area contributed by atoms with Crippen LogP contribution in [0.3, 0.4) is 0 Å². The Morgan fingerprint density at radius 2 is 2.22 bits per heavy atom. The van der Waals surface area contributed by atoms with Gasteiger partial charge in [0.15, 0.2) is 17.5 Å². The van der Waals surface area contributed by atoms with Crippen LogP contribution in [-0.4, -0.2) is 55.4 Å². The fraction of sp³-hybridized carbons (Fsp3) is 0.588. The van der Waals surface area contributed by atoms with Crippen molar-refractivity contribution < 1.29 is 14.6 Å². The van der Waals surface area contributed by atoms with Gasteiger partial charge in [0.2, 0.25) is 0 Å². The van der Waals surface area contributed by atoms with E-state index < -0.39 is 0 Å². The van der Waals surface area contributed by atoms with Crippen LogP contribution in [0.1, 0.15) is 25.8 Å². The Bertz CT molecular complexity index is 534. The highest BCUT2D eigenvalue weighted by Crippen LogP contribution is 2.28. The molecule has 1 atom stereocenters. The Hall–Kier alpha value is -1.95. The predicted octanol–water partition coefficient (Wildman–Crippen LogP) is 1.63. The van der Waals surface area contributed by atoms with Gasteiger partial charge in [-0.3, -0.25) is 0 Å². The molecule has 0 unspecified atom stereocenters. The lowest BCUT2D eigenvalue weighted by Gasteiger charge is -2.21. The first-order chi connectivity index (χ1) is 11.2. The summed E-state index contributed by atoms with van der Waals surface area (Å²) in [6.45, 7) is 7.43. The summed E-state index contributed by atoms with van der Waals surface area (Å²) in [4.78, 5) is 6.77. The minimum absolute atomic E-state index is 0.260. The zero-order valence-corrected chi connectivity index (χ0v) is 14.2. The Labute approximate surface area is 138 Å². The molecular formula is C17H27N3O3. The fourth-order valence-electron chi connectivity index (χ4n) is 2.61. The molecule has 1 heterocycles. The number of ether oxygens (including phenoxy) is 2. The second-order valence-corrected chi connectivity index (χ2v) is 5.48. The summed E-state index contributed by atoms with van der Waals surface area (Å²) in [6.07, 6.45) is 0.533. The molecule has 23 heavy (non-hydrogen) atoms. The quantitative estimate of drug-likeness (QED) is 0.616. The number of hydrogen-bond donors (Lipinski definition) is 2. The summed E-state index contributed by atoms with van der Waals surface area (Å²) in [6, 6.07) is 5.87. The number of aliphatic hydroxyl groups excluding tert-OH is 1. The highest BCUT2D eigenvalue weighted by molar-refractivity contribution is 5.80. The zero-order valence-electron chi connectivity index (χ0n) is 14.2. The van der Waals surface area contributed by atoms with Gasteiger partial charge in [0, 0.05) is 19.6 Å². The van der Waals surface area contributed by atoms with Crippen LogP contribution in [0.4, 0.5) is 0 Å². The molecule has 1 fully saturated rings. The van der Waals surface area contributed by atoms with Crippen molar-refractivity contribution in [3.8, 4) is 11.5 Å². The van der Waals surface area contributed by atoms with Crippen molar-refractivity contribution in [2.24, 2.45) is 4.99 Å². The van der Waals surface area contributed by atoms with Crippen LogP contribution in [0.5, 0.6) is 11.5 Å². The molecule has 1 saturated heterocycles. The van der Waals surface area contributed by atoms with Gasteiger partial charge in [-0.2, -0.15) is 0 Å². The van der Waals surface area contributed by atoms with E-state index in [1.54, 1.807) is 7.11 Å². The molecule has 0 aliphatic carbocycles. The fourth-order valence-corrected chi connectivity index (χ4v) is 2.61. The van der Waals surface area contributed by atoms with Crippen molar-refractivity contribution in [2.45, 2.75) is 32.9 Å². The number of nitrogens with zero attached hydrogens (tertiary/aromatic N) is 2. The second-order valence-electron chi connectivity index (χ2n) is 5.48. The smallest absolute Gasteiger partial charge is 0.194 e. The number of guanidine groups is 1. The Morgan fingerprint density at radius 1 is 1.39 bits per heavy atom. The molecule has 128 valence electrons. The minimum atomic E-state index is -0.260. The van der Waals surface area contributed by atoms with E-state index in [0.29, 0.717) is 19.7 Å². The molecular weight excluding hydrogens is 294 g/mol. The van der Waals surface area contributed by atoms with E-state index in [-0.39, 0.29) is 6.10 Å². The minimum Gasteiger partial charge on any atom is -0.493 e. The first-order valence-electron chi connectivity index (χ1n) is 8.19. The van der Waals surface area contributed by atoms with E-state index in [1.165, 1.54) is 0 Å². The summed E-state index contributed by atoms with van der Waals surface area (Å²) in [7, 11) is 1.64. The number of benzene rings is 1. The van der Waals surface area contributed by atoms with Gasteiger partial charge in [-0.1, -0.05) is 6.07 Å². The van der Waals surface area contributed by atoms with Gasteiger partial charge in [0.05, 0.1) is 26.4 Å². The van der Waals surface area contributed by atoms with Gasteiger partial charge < -0.3 is 24.8 Å². The monoisotopic (exact) mass is 321 g/mol. The normalized spacial score (nSPS) is 18.2. The Kier molecular flexibility index (Phi) is 6.52.